The summed E-state index contributed by atoms with van der Waals surface area (Å²) in [6.45, 7) is 0.139. The van der Waals surface area contributed by atoms with Crippen LogP contribution in [0.25, 0.3) is 0 Å². The zero-order valence-corrected chi connectivity index (χ0v) is 14.3. The van der Waals surface area contributed by atoms with Gasteiger partial charge in [-0.3, -0.25) is 4.72 Å². The largest absolute Gasteiger partial charge is 0.452 e. The van der Waals surface area contributed by atoms with Crippen LogP contribution in [0.2, 0.25) is 0 Å². The average Bonchev–Trinajstić information content (AvgIpc) is 3.00. The van der Waals surface area contributed by atoms with E-state index < -0.39 is 10.0 Å². The molecule has 0 saturated carbocycles. The highest BCUT2D eigenvalue weighted by Gasteiger charge is 2.25. The molecule has 1 aliphatic rings. The molecule has 0 bridgehead atoms. The van der Waals surface area contributed by atoms with Gasteiger partial charge >= 0.3 is 0 Å². The van der Waals surface area contributed by atoms with Crippen molar-refractivity contribution < 1.29 is 12.8 Å². The Balaban J connectivity index is 1.88. The number of rotatable bonds is 4. The number of aromatic nitrogens is 1. The molecule has 0 saturated heterocycles. The summed E-state index contributed by atoms with van der Waals surface area (Å²) in [7, 11) is -3.73. The van der Waals surface area contributed by atoms with Gasteiger partial charge in [-0.2, -0.15) is 0 Å². The van der Waals surface area contributed by atoms with Crippen LogP contribution in [0.4, 0.5) is 5.13 Å². The van der Waals surface area contributed by atoms with Crippen molar-refractivity contribution in [1.29, 1.82) is 0 Å². The number of thiazole rings is 1. The molecular weight excluding hydrogens is 378 g/mol. The molecule has 21 heavy (non-hydrogen) atoms. The van der Waals surface area contributed by atoms with Gasteiger partial charge in [0.2, 0.25) is 0 Å². The van der Waals surface area contributed by atoms with Gasteiger partial charge in [0.15, 0.2) is 9.80 Å². The van der Waals surface area contributed by atoms with E-state index in [1.165, 1.54) is 22.3 Å². The molecule has 0 unspecified atom stereocenters. The van der Waals surface area contributed by atoms with Gasteiger partial charge in [0.05, 0.1) is 12.2 Å². The second-order valence-electron chi connectivity index (χ2n) is 4.76. The molecule has 0 aromatic carbocycles. The highest BCUT2D eigenvalue weighted by molar-refractivity contribution is 9.10. The van der Waals surface area contributed by atoms with E-state index in [4.69, 9.17) is 10.2 Å². The van der Waals surface area contributed by atoms with Gasteiger partial charge in [-0.25, -0.2) is 13.4 Å². The minimum absolute atomic E-state index is 0.0381. The van der Waals surface area contributed by atoms with Crippen LogP contribution in [0.15, 0.2) is 20.0 Å². The molecular formula is C12H14BrN3O3S2. The molecule has 6 nitrogen and oxygen atoms in total. The molecule has 0 aliphatic heterocycles. The Bertz CT molecular complexity index is 743. The average molecular weight is 392 g/mol. The van der Waals surface area contributed by atoms with Gasteiger partial charge < -0.3 is 10.2 Å². The number of anilines is 1. The molecule has 3 N–H and O–H groups in total. The van der Waals surface area contributed by atoms with E-state index in [0.29, 0.717) is 10.9 Å². The molecule has 9 heteroatoms. The van der Waals surface area contributed by atoms with Crippen LogP contribution in [0.1, 0.15) is 29.2 Å². The Morgan fingerprint density at radius 1 is 1.43 bits per heavy atom. The van der Waals surface area contributed by atoms with Gasteiger partial charge in [0.25, 0.3) is 10.0 Å². The summed E-state index contributed by atoms with van der Waals surface area (Å²) in [5, 5.41) is 0.407. The lowest BCUT2D eigenvalue weighted by molar-refractivity contribution is 0.484. The minimum atomic E-state index is -3.73. The summed E-state index contributed by atoms with van der Waals surface area (Å²) in [5.41, 5.74) is 6.47. The topological polar surface area (TPSA) is 98.2 Å². The van der Waals surface area contributed by atoms with E-state index in [-0.39, 0.29) is 16.1 Å². The molecule has 0 amide bonds. The Morgan fingerprint density at radius 3 is 2.86 bits per heavy atom. The van der Waals surface area contributed by atoms with E-state index in [9.17, 15) is 8.42 Å². The van der Waals surface area contributed by atoms with E-state index in [1.54, 1.807) is 0 Å². The number of fused-ring (bicyclic) bond motifs is 1. The number of halogens is 1. The molecule has 3 rings (SSSR count). The van der Waals surface area contributed by atoms with E-state index >= 15 is 0 Å². The van der Waals surface area contributed by atoms with Crippen LogP contribution in [0.3, 0.4) is 0 Å². The van der Waals surface area contributed by atoms with Crippen molar-refractivity contribution in [2.45, 2.75) is 37.1 Å². The summed E-state index contributed by atoms with van der Waals surface area (Å²) in [6, 6.07) is 1.42. The van der Waals surface area contributed by atoms with E-state index in [1.807, 2.05) is 0 Å². The van der Waals surface area contributed by atoms with Crippen LogP contribution in [-0.2, 0) is 29.4 Å². The molecule has 0 atom stereocenters. The highest BCUT2D eigenvalue weighted by atomic mass is 79.9. The first-order valence-electron chi connectivity index (χ1n) is 6.49. The fraction of sp³-hybridized carbons (Fsp3) is 0.417. The van der Waals surface area contributed by atoms with E-state index in [0.717, 1.165) is 31.4 Å². The van der Waals surface area contributed by atoms with Gasteiger partial charge in [0.1, 0.15) is 10.7 Å². The third-order valence-electron chi connectivity index (χ3n) is 3.26. The highest BCUT2D eigenvalue weighted by Crippen LogP contribution is 2.32. The third kappa shape index (κ3) is 3.01. The minimum Gasteiger partial charge on any atom is -0.452 e. The van der Waals surface area contributed by atoms with Gasteiger partial charge in [-0.15, -0.1) is 11.3 Å². The number of hydrogen-bond donors (Lipinski definition) is 2. The zero-order valence-electron chi connectivity index (χ0n) is 11.1. The van der Waals surface area contributed by atoms with Gasteiger partial charge in [-0.05, 0) is 41.6 Å². The van der Waals surface area contributed by atoms with Gasteiger partial charge in [-0.1, -0.05) is 0 Å². The molecule has 0 fully saturated rings. The van der Waals surface area contributed by atoms with Crippen molar-refractivity contribution in [2.24, 2.45) is 5.73 Å². The van der Waals surface area contributed by atoms with Crippen molar-refractivity contribution in [2.75, 3.05) is 4.72 Å². The molecule has 2 aromatic rings. The number of nitrogens with two attached hydrogens (primary N) is 1. The summed E-state index contributed by atoms with van der Waals surface area (Å²) in [5.74, 6) is 0.403. The molecule has 2 heterocycles. The Hall–Kier alpha value is -0.900. The summed E-state index contributed by atoms with van der Waals surface area (Å²) < 4.78 is 32.7. The smallest absolute Gasteiger partial charge is 0.268 e. The fourth-order valence-electron chi connectivity index (χ4n) is 2.25. The maximum absolute atomic E-state index is 12.4. The second kappa shape index (κ2) is 5.71. The summed E-state index contributed by atoms with van der Waals surface area (Å²) >= 11 is 4.51. The maximum atomic E-state index is 12.4. The fourth-order valence-corrected chi connectivity index (χ4v) is 5.53. The Labute approximate surface area is 134 Å². The molecule has 114 valence electrons. The maximum Gasteiger partial charge on any atom is 0.268 e. The number of hydrogen-bond acceptors (Lipinski definition) is 6. The first kappa shape index (κ1) is 15.0. The van der Waals surface area contributed by atoms with Crippen molar-refractivity contribution in [3.63, 3.8) is 0 Å². The van der Waals surface area contributed by atoms with Crippen molar-refractivity contribution >= 4 is 42.4 Å². The molecule has 1 aliphatic carbocycles. The lowest BCUT2D eigenvalue weighted by Gasteiger charge is -2.06. The monoisotopic (exact) mass is 391 g/mol. The molecule has 2 aromatic heterocycles. The van der Waals surface area contributed by atoms with Crippen LogP contribution < -0.4 is 10.5 Å². The standard InChI is InChI=1S/C12H14BrN3O3S2/c13-11-10(5-7(6-14)19-11)21(17,18)16-12-15-8-3-1-2-4-9(8)20-12/h5H,1-4,6,14H2,(H,15,16). The number of nitrogens with one attached hydrogen (secondary N) is 1. The third-order valence-corrected chi connectivity index (χ3v) is 6.66. The quantitative estimate of drug-likeness (QED) is 0.834. The lowest BCUT2D eigenvalue weighted by atomic mass is 10.0. The van der Waals surface area contributed by atoms with Crippen molar-refractivity contribution in [3.05, 3.63) is 27.1 Å². The summed E-state index contributed by atoms with van der Waals surface area (Å²) in [6.07, 6.45) is 4.13. The predicted molar refractivity (Wildman–Crippen MR) is 83.9 cm³/mol. The molecule has 0 spiro atoms. The van der Waals surface area contributed by atoms with Gasteiger partial charge in [0, 0.05) is 10.9 Å². The second-order valence-corrected chi connectivity index (χ2v) is 8.21. The summed E-state index contributed by atoms with van der Waals surface area (Å²) in [4.78, 5) is 5.59. The van der Waals surface area contributed by atoms with Crippen LogP contribution in [0.5, 0.6) is 0 Å². The molecule has 0 radical (unpaired) electrons. The van der Waals surface area contributed by atoms with Crippen molar-refractivity contribution in [3.8, 4) is 0 Å². The van der Waals surface area contributed by atoms with Crippen LogP contribution in [0, 0.1) is 0 Å². The number of aryl methyl sites for hydroxylation is 2. The lowest BCUT2D eigenvalue weighted by Crippen LogP contribution is -2.12. The first-order chi connectivity index (χ1) is 9.99. The van der Waals surface area contributed by atoms with Crippen LogP contribution >= 0.6 is 27.3 Å². The number of sulfonamides is 1. The number of furan rings is 1. The first-order valence-corrected chi connectivity index (χ1v) is 9.58. The van der Waals surface area contributed by atoms with Crippen LogP contribution in [-0.4, -0.2) is 13.4 Å². The Morgan fingerprint density at radius 2 is 2.19 bits per heavy atom. The zero-order chi connectivity index (χ0) is 15.0. The predicted octanol–water partition coefficient (Wildman–Crippen LogP) is 2.64. The SMILES string of the molecule is NCc1cc(S(=O)(=O)Nc2nc3c(s2)CCCC3)c(Br)o1. The van der Waals surface area contributed by atoms with Crippen molar-refractivity contribution in [1.82, 2.24) is 4.98 Å². The normalized spacial score (nSPS) is 15.0. The van der Waals surface area contributed by atoms with E-state index in [2.05, 4.69) is 25.6 Å². The number of nitrogens with zero attached hydrogens (tertiary/aromatic N) is 1. The Kier molecular flexibility index (Phi) is 4.08.